The van der Waals surface area contributed by atoms with Crippen molar-refractivity contribution in [3.05, 3.63) is 47.7 Å². The van der Waals surface area contributed by atoms with Gasteiger partial charge in [-0.05, 0) is 11.5 Å². The van der Waals surface area contributed by atoms with Crippen LogP contribution in [0.1, 0.15) is 19.4 Å². The first-order valence-corrected chi connectivity index (χ1v) is 7.28. The minimum atomic E-state index is -0.591. The largest absolute Gasteiger partial charge is 0.491 e. The number of hydrogen-bond acceptors (Lipinski definition) is 4. The molecule has 0 saturated heterocycles. The first-order valence-electron chi connectivity index (χ1n) is 7.28. The lowest BCUT2D eigenvalue weighted by atomic mass is 10.0. The summed E-state index contributed by atoms with van der Waals surface area (Å²) in [6.45, 7) is 4.47. The number of rotatable bonds is 6. The molecule has 0 spiro atoms. The molecule has 0 fully saturated rings. The van der Waals surface area contributed by atoms with Gasteiger partial charge in [0.05, 0.1) is 13.7 Å². The summed E-state index contributed by atoms with van der Waals surface area (Å²) < 4.78 is 10.5. The van der Waals surface area contributed by atoms with Crippen LogP contribution in [0.2, 0.25) is 0 Å². The lowest BCUT2D eigenvalue weighted by Gasteiger charge is -2.28. The third kappa shape index (κ3) is 3.67. The minimum absolute atomic E-state index is 0.0294. The first-order chi connectivity index (χ1) is 10.5. The number of carbonyl (C=O) groups is 2. The molecule has 0 radical (unpaired) electrons. The van der Waals surface area contributed by atoms with Crippen molar-refractivity contribution in [3.8, 4) is 0 Å². The zero-order valence-corrected chi connectivity index (χ0v) is 13.1. The fourth-order valence-corrected chi connectivity index (χ4v) is 2.47. The predicted molar refractivity (Wildman–Crippen MR) is 81.7 cm³/mol. The van der Waals surface area contributed by atoms with E-state index in [1.54, 1.807) is 0 Å². The van der Waals surface area contributed by atoms with Crippen LogP contribution in [0.3, 0.4) is 0 Å². The lowest BCUT2D eigenvalue weighted by Crippen LogP contribution is -2.46. The Hall–Kier alpha value is -2.30. The Morgan fingerprint density at radius 2 is 1.95 bits per heavy atom. The number of amides is 1. The molecule has 1 atom stereocenters. The number of esters is 1. The number of benzene rings is 1. The molecule has 118 valence electrons. The van der Waals surface area contributed by atoms with Crippen molar-refractivity contribution in [1.29, 1.82) is 0 Å². The lowest BCUT2D eigenvalue weighted by molar-refractivity contribution is -0.152. The number of nitrogens with zero attached hydrogens (tertiary/aromatic N) is 1. The van der Waals surface area contributed by atoms with E-state index in [1.807, 2.05) is 44.2 Å². The average Bonchev–Trinajstić information content (AvgIpc) is 2.87. The van der Waals surface area contributed by atoms with Gasteiger partial charge in [0.2, 0.25) is 0 Å². The summed E-state index contributed by atoms with van der Waals surface area (Å²) in [5.74, 6) is -0.0742. The Kier molecular flexibility index (Phi) is 5.20. The van der Waals surface area contributed by atoms with Crippen molar-refractivity contribution in [2.45, 2.75) is 26.5 Å². The third-order valence-electron chi connectivity index (χ3n) is 3.57. The van der Waals surface area contributed by atoms with E-state index in [2.05, 4.69) is 0 Å². The zero-order valence-electron chi connectivity index (χ0n) is 13.1. The maximum atomic E-state index is 12.1. The van der Waals surface area contributed by atoms with Gasteiger partial charge < -0.3 is 14.4 Å². The normalized spacial score (nSPS) is 15.7. The Morgan fingerprint density at radius 3 is 2.55 bits per heavy atom. The van der Waals surface area contributed by atoms with Crippen molar-refractivity contribution in [1.82, 2.24) is 4.90 Å². The third-order valence-corrected chi connectivity index (χ3v) is 3.57. The van der Waals surface area contributed by atoms with Crippen LogP contribution in [0, 0.1) is 5.92 Å². The topological polar surface area (TPSA) is 55.8 Å². The number of ether oxygens (including phenoxy) is 2. The average molecular weight is 303 g/mol. The van der Waals surface area contributed by atoms with E-state index in [0.717, 1.165) is 5.56 Å². The molecule has 1 aromatic carbocycles. The second-order valence-electron chi connectivity index (χ2n) is 5.56. The van der Waals surface area contributed by atoms with E-state index in [9.17, 15) is 9.59 Å². The van der Waals surface area contributed by atoms with Gasteiger partial charge in [-0.2, -0.15) is 0 Å². The van der Waals surface area contributed by atoms with Crippen LogP contribution in [0.25, 0.3) is 0 Å². The summed E-state index contributed by atoms with van der Waals surface area (Å²) in [6, 6.07) is 9.14. The van der Waals surface area contributed by atoms with E-state index < -0.39 is 12.0 Å². The van der Waals surface area contributed by atoms with Crippen molar-refractivity contribution in [2.24, 2.45) is 5.92 Å². The van der Waals surface area contributed by atoms with Crippen LogP contribution in [-0.4, -0.2) is 36.5 Å². The van der Waals surface area contributed by atoms with Crippen LogP contribution in [0.15, 0.2) is 42.2 Å². The fourth-order valence-electron chi connectivity index (χ4n) is 2.47. The minimum Gasteiger partial charge on any atom is -0.491 e. The van der Waals surface area contributed by atoms with Crippen LogP contribution in [-0.2, 0) is 25.7 Å². The molecule has 1 aromatic rings. The maximum Gasteiger partial charge on any atom is 0.328 e. The molecule has 0 N–H and O–H groups in total. The van der Waals surface area contributed by atoms with Crippen LogP contribution in [0.5, 0.6) is 0 Å². The Labute approximate surface area is 130 Å². The highest BCUT2D eigenvalue weighted by atomic mass is 16.5. The van der Waals surface area contributed by atoms with E-state index >= 15 is 0 Å². The predicted octanol–water partition coefficient (Wildman–Crippen LogP) is 2.13. The quantitative estimate of drug-likeness (QED) is 0.755. The van der Waals surface area contributed by atoms with Gasteiger partial charge in [0, 0.05) is 6.08 Å². The molecule has 0 saturated carbocycles. The highest BCUT2D eigenvalue weighted by Gasteiger charge is 2.36. The van der Waals surface area contributed by atoms with Crippen molar-refractivity contribution in [2.75, 3.05) is 13.7 Å². The highest BCUT2D eigenvalue weighted by Crippen LogP contribution is 2.21. The molecule has 1 heterocycles. The highest BCUT2D eigenvalue weighted by molar-refractivity contribution is 5.94. The molecule has 1 aliphatic rings. The van der Waals surface area contributed by atoms with Crippen molar-refractivity contribution in [3.63, 3.8) is 0 Å². The Balaban J connectivity index is 1.99. The summed E-state index contributed by atoms with van der Waals surface area (Å²) in [7, 11) is 1.33. The molecule has 0 aliphatic carbocycles. The molecular formula is C17H21NO4. The molecule has 5 heteroatoms. The molecule has 0 bridgehead atoms. The van der Waals surface area contributed by atoms with Gasteiger partial charge in [-0.3, -0.25) is 4.79 Å². The number of methoxy groups -OCH3 is 1. The van der Waals surface area contributed by atoms with Gasteiger partial charge in [0.15, 0.2) is 0 Å². The summed E-state index contributed by atoms with van der Waals surface area (Å²) in [6.07, 6.45) is 1.45. The van der Waals surface area contributed by atoms with Gasteiger partial charge in [-0.15, -0.1) is 0 Å². The van der Waals surface area contributed by atoms with Crippen LogP contribution >= 0.6 is 0 Å². The molecule has 5 nitrogen and oxygen atoms in total. The van der Waals surface area contributed by atoms with E-state index in [1.165, 1.54) is 18.1 Å². The van der Waals surface area contributed by atoms with Gasteiger partial charge >= 0.3 is 5.97 Å². The molecule has 0 aromatic heterocycles. The second kappa shape index (κ2) is 7.11. The first kappa shape index (κ1) is 16.1. The van der Waals surface area contributed by atoms with Gasteiger partial charge in [-0.25, -0.2) is 4.79 Å². The standard InChI is InChI=1S/C17H21NO4/c1-12(2)16(17(20)21-3)18-10-14(9-15(18)19)22-11-13-7-5-4-6-8-13/h4-9,12,16H,10-11H2,1-3H3/t16-/m1/s1. The number of carbonyl (C=O) groups excluding carboxylic acids is 2. The number of hydrogen-bond donors (Lipinski definition) is 0. The molecule has 22 heavy (non-hydrogen) atoms. The van der Waals surface area contributed by atoms with Crippen LogP contribution < -0.4 is 0 Å². The summed E-state index contributed by atoms with van der Waals surface area (Å²) in [4.78, 5) is 25.5. The summed E-state index contributed by atoms with van der Waals surface area (Å²) in [5.41, 5.74) is 1.03. The Bertz CT molecular complexity index is 565. The Morgan fingerprint density at radius 1 is 1.27 bits per heavy atom. The molecule has 1 aliphatic heterocycles. The maximum absolute atomic E-state index is 12.1. The van der Waals surface area contributed by atoms with Gasteiger partial charge in [0.1, 0.15) is 18.4 Å². The monoisotopic (exact) mass is 303 g/mol. The molecular weight excluding hydrogens is 282 g/mol. The molecule has 2 rings (SSSR count). The smallest absolute Gasteiger partial charge is 0.328 e. The second-order valence-corrected chi connectivity index (χ2v) is 5.56. The van der Waals surface area contributed by atoms with E-state index in [4.69, 9.17) is 9.47 Å². The van der Waals surface area contributed by atoms with Crippen molar-refractivity contribution >= 4 is 11.9 Å². The zero-order chi connectivity index (χ0) is 16.1. The van der Waals surface area contributed by atoms with Gasteiger partial charge in [0.25, 0.3) is 5.91 Å². The van der Waals surface area contributed by atoms with Crippen LogP contribution in [0.4, 0.5) is 0 Å². The fraction of sp³-hybridized carbons (Fsp3) is 0.412. The SMILES string of the molecule is COC(=O)[C@@H](C(C)C)N1CC(OCc2ccccc2)=CC1=O. The van der Waals surface area contributed by atoms with Crippen molar-refractivity contribution < 1.29 is 19.1 Å². The van der Waals surface area contributed by atoms with Gasteiger partial charge in [-0.1, -0.05) is 44.2 Å². The molecule has 1 amide bonds. The summed E-state index contributed by atoms with van der Waals surface area (Å²) in [5, 5.41) is 0. The van der Waals surface area contributed by atoms with E-state index in [0.29, 0.717) is 18.9 Å². The summed E-state index contributed by atoms with van der Waals surface area (Å²) >= 11 is 0. The van der Waals surface area contributed by atoms with E-state index in [-0.39, 0.29) is 11.8 Å². The molecule has 0 unspecified atom stereocenters.